The lowest BCUT2D eigenvalue weighted by Crippen LogP contribution is -2.29. The molecule has 0 saturated carbocycles. The standard InChI is InChI=1S/C19H15ClFN3O3/c1-27-14-4-2-3-12(9-14)17-7-8-19(26)24(23-17)11-18(25)22-13-5-6-16(21)15(20)10-13/h2-10H,11H2,1H3,(H,22,25). The number of carbonyl (C=O) groups excluding carboxylic acids is 1. The third kappa shape index (κ3) is 4.51. The van der Waals surface area contributed by atoms with Crippen LogP contribution >= 0.6 is 11.6 Å². The maximum atomic E-state index is 13.2. The number of nitrogens with one attached hydrogen (secondary N) is 1. The van der Waals surface area contributed by atoms with Crippen molar-refractivity contribution in [3.63, 3.8) is 0 Å². The maximum absolute atomic E-state index is 13.2. The summed E-state index contributed by atoms with van der Waals surface area (Å²) in [7, 11) is 1.56. The Hall–Kier alpha value is -3.19. The third-order valence-electron chi connectivity index (χ3n) is 3.73. The summed E-state index contributed by atoms with van der Waals surface area (Å²) in [6.45, 7) is -0.300. The first-order valence-electron chi connectivity index (χ1n) is 7.94. The minimum Gasteiger partial charge on any atom is -0.497 e. The van der Waals surface area contributed by atoms with Gasteiger partial charge in [0.2, 0.25) is 5.91 Å². The predicted molar refractivity (Wildman–Crippen MR) is 101 cm³/mol. The molecule has 0 unspecified atom stereocenters. The van der Waals surface area contributed by atoms with Crippen LogP contribution in [0.2, 0.25) is 5.02 Å². The highest BCUT2D eigenvalue weighted by molar-refractivity contribution is 6.31. The monoisotopic (exact) mass is 387 g/mol. The van der Waals surface area contributed by atoms with Gasteiger partial charge in [-0.05, 0) is 36.4 Å². The van der Waals surface area contributed by atoms with Gasteiger partial charge in [0.1, 0.15) is 18.1 Å². The minimum absolute atomic E-state index is 0.108. The van der Waals surface area contributed by atoms with Crippen molar-refractivity contribution in [1.82, 2.24) is 9.78 Å². The van der Waals surface area contributed by atoms with Crippen molar-refractivity contribution in [2.24, 2.45) is 0 Å². The first-order valence-corrected chi connectivity index (χ1v) is 8.31. The molecule has 0 radical (unpaired) electrons. The Bertz CT molecular complexity index is 1050. The Labute approximate surface area is 159 Å². The molecule has 6 nitrogen and oxygen atoms in total. The third-order valence-corrected chi connectivity index (χ3v) is 4.02. The fraction of sp³-hybridized carbons (Fsp3) is 0.105. The van der Waals surface area contributed by atoms with Crippen LogP contribution in [0.3, 0.4) is 0 Å². The smallest absolute Gasteiger partial charge is 0.267 e. The lowest BCUT2D eigenvalue weighted by molar-refractivity contribution is -0.117. The largest absolute Gasteiger partial charge is 0.497 e. The van der Waals surface area contributed by atoms with Gasteiger partial charge in [-0.2, -0.15) is 5.10 Å². The highest BCUT2D eigenvalue weighted by Crippen LogP contribution is 2.21. The van der Waals surface area contributed by atoms with Crippen molar-refractivity contribution < 1.29 is 13.9 Å². The Kier molecular flexibility index (Phi) is 5.52. The Morgan fingerprint density at radius 2 is 2.04 bits per heavy atom. The number of rotatable bonds is 5. The second kappa shape index (κ2) is 8.01. The quantitative estimate of drug-likeness (QED) is 0.728. The lowest BCUT2D eigenvalue weighted by atomic mass is 10.1. The fourth-order valence-corrected chi connectivity index (χ4v) is 2.59. The van der Waals surface area contributed by atoms with Crippen LogP contribution in [0.15, 0.2) is 59.4 Å². The zero-order chi connectivity index (χ0) is 19.4. The molecule has 1 N–H and O–H groups in total. The molecule has 0 atom stereocenters. The van der Waals surface area contributed by atoms with Gasteiger partial charge in [-0.3, -0.25) is 9.59 Å². The highest BCUT2D eigenvalue weighted by atomic mass is 35.5. The van der Waals surface area contributed by atoms with Gasteiger partial charge in [-0.15, -0.1) is 0 Å². The molecule has 0 bridgehead atoms. The summed E-state index contributed by atoms with van der Waals surface area (Å²) in [6, 6.07) is 13.9. The summed E-state index contributed by atoms with van der Waals surface area (Å²) in [5.74, 6) is -0.424. The van der Waals surface area contributed by atoms with Crippen LogP contribution in [0.25, 0.3) is 11.3 Å². The lowest BCUT2D eigenvalue weighted by Gasteiger charge is -2.09. The van der Waals surface area contributed by atoms with Gasteiger partial charge >= 0.3 is 0 Å². The van der Waals surface area contributed by atoms with E-state index in [0.29, 0.717) is 17.1 Å². The topological polar surface area (TPSA) is 73.2 Å². The summed E-state index contributed by atoms with van der Waals surface area (Å²) in [6.07, 6.45) is 0. The average molecular weight is 388 g/mol. The number of carbonyl (C=O) groups is 1. The van der Waals surface area contributed by atoms with E-state index in [1.807, 2.05) is 6.07 Å². The van der Waals surface area contributed by atoms with Gasteiger partial charge in [0, 0.05) is 17.3 Å². The molecule has 27 heavy (non-hydrogen) atoms. The first-order chi connectivity index (χ1) is 13.0. The zero-order valence-electron chi connectivity index (χ0n) is 14.3. The number of hydrogen-bond donors (Lipinski definition) is 1. The number of benzene rings is 2. The minimum atomic E-state index is -0.585. The maximum Gasteiger partial charge on any atom is 0.267 e. The van der Waals surface area contributed by atoms with Crippen LogP contribution in [0, 0.1) is 5.82 Å². The molecule has 138 valence electrons. The van der Waals surface area contributed by atoms with Gasteiger partial charge in [0.25, 0.3) is 5.56 Å². The predicted octanol–water partition coefficient (Wildman–Crippen LogP) is 3.35. The van der Waals surface area contributed by atoms with Crippen molar-refractivity contribution in [3.05, 3.63) is 75.8 Å². The average Bonchev–Trinajstić information content (AvgIpc) is 2.66. The summed E-state index contributed by atoms with van der Waals surface area (Å²) in [5.41, 5.74) is 1.16. The van der Waals surface area contributed by atoms with Crippen molar-refractivity contribution in [2.45, 2.75) is 6.54 Å². The SMILES string of the molecule is COc1cccc(-c2ccc(=O)n(CC(=O)Nc3ccc(F)c(Cl)c3)n2)c1. The fourth-order valence-electron chi connectivity index (χ4n) is 2.41. The van der Waals surface area contributed by atoms with E-state index in [9.17, 15) is 14.0 Å². The van der Waals surface area contributed by atoms with E-state index in [-0.39, 0.29) is 11.6 Å². The second-order valence-corrected chi connectivity index (χ2v) is 6.03. The van der Waals surface area contributed by atoms with E-state index < -0.39 is 17.3 Å². The second-order valence-electron chi connectivity index (χ2n) is 5.62. The van der Waals surface area contributed by atoms with Crippen LogP contribution in [0.4, 0.5) is 10.1 Å². The number of ether oxygens (including phenoxy) is 1. The molecule has 1 amide bonds. The zero-order valence-corrected chi connectivity index (χ0v) is 15.0. The van der Waals surface area contributed by atoms with Crippen molar-refractivity contribution >= 4 is 23.2 Å². The molecule has 3 rings (SSSR count). The number of hydrogen-bond acceptors (Lipinski definition) is 4. The molecule has 1 heterocycles. The van der Waals surface area contributed by atoms with Crippen LogP contribution in [0.1, 0.15) is 0 Å². The number of aromatic nitrogens is 2. The van der Waals surface area contributed by atoms with Gasteiger partial charge in [0.15, 0.2) is 0 Å². The first kappa shape index (κ1) is 18.6. The molecule has 0 saturated heterocycles. The molecule has 1 aromatic heterocycles. The van der Waals surface area contributed by atoms with Crippen LogP contribution in [0.5, 0.6) is 5.75 Å². The van der Waals surface area contributed by atoms with E-state index in [4.69, 9.17) is 16.3 Å². The number of anilines is 1. The summed E-state index contributed by atoms with van der Waals surface area (Å²) in [5, 5.41) is 6.68. The molecule has 0 spiro atoms. The van der Waals surface area contributed by atoms with Crippen LogP contribution in [-0.2, 0) is 11.3 Å². The molecule has 0 fully saturated rings. The molecule has 3 aromatic rings. The summed E-state index contributed by atoms with van der Waals surface area (Å²) in [4.78, 5) is 24.2. The van der Waals surface area contributed by atoms with Crippen molar-refractivity contribution in [3.8, 4) is 17.0 Å². The Morgan fingerprint density at radius 1 is 1.22 bits per heavy atom. The van der Waals surface area contributed by atoms with Gasteiger partial charge in [-0.1, -0.05) is 23.7 Å². The number of amides is 1. The highest BCUT2D eigenvalue weighted by Gasteiger charge is 2.10. The summed E-state index contributed by atoms with van der Waals surface area (Å²) < 4.78 is 19.4. The number of methoxy groups -OCH3 is 1. The molecule has 2 aromatic carbocycles. The van der Waals surface area contributed by atoms with Crippen molar-refractivity contribution in [2.75, 3.05) is 12.4 Å². The number of halogens is 2. The van der Waals surface area contributed by atoms with E-state index in [0.717, 1.165) is 16.3 Å². The molecule has 0 aliphatic rings. The van der Waals surface area contributed by atoms with Gasteiger partial charge < -0.3 is 10.1 Å². The molecular formula is C19H15ClFN3O3. The molecule has 8 heteroatoms. The van der Waals surface area contributed by atoms with Crippen LogP contribution in [-0.4, -0.2) is 22.8 Å². The van der Waals surface area contributed by atoms with Gasteiger partial charge in [0.05, 0.1) is 17.8 Å². The van der Waals surface area contributed by atoms with E-state index in [1.165, 1.54) is 18.2 Å². The van der Waals surface area contributed by atoms with Gasteiger partial charge in [-0.25, -0.2) is 9.07 Å². The normalized spacial score (nSPS) is 10.5. The van der Waals surface area contributed by atoms with E-state index in [2.05, 4.69) is 10.4 Å². The van der Waals surface area contributed by atoms with E-state index in [1.54, 1.807) is 31.4 Å². The molecule has 0 aliphatic heterocycles. The Balaban J connectivity index is 1.80. The van der Waals surface area contributed by atoms with Crippen LogP contribution < -0.4 is 15.6 Å². The molecule has 0 aliphatic carbocycles. The number of nitrogens with zero attached hydrogens (tertiary/aromatic N) is 2. The summed E-state index contributed by atoms with van der Waals surface area (Å²) >= 11 is 5.69. The molecular weight excluding hydrogens is 373 g/mol. The van der Waals surface area contributed by atoms with Crippen molar-refractivity contribution in [1.29, 1.82) is 0 Å². The Morgan fingerprint density at radius 3 is 2.78 bits per heavy atom. The van der Waals surface area contributed by atoms with E-state index >= 15 is 0 Å².